The van der Waals surface area contributed by atoms with Crippen molar-refractivity contribution in [1.29, 1.82) is 0 Å². The second-order valence-corrected chi connectivity index (χ2v) is 7.98. The molecule has 2 aliphatic rings. The third-order valence-electron chi connectivity index (χ3n) is 5.01. The first-order valence-corrected chi connectivity index (χ1v) is 10.4. The Balaban J connectivity index is 0.000000429. The highest BCUT2D eigenvalue weighted by molar-refractivity contribution is 5.74. The molecule has 0 radical (unpaired) electrons. The van der Waals surface area contributed by atoms with Crippen LogP contribution in [0.25, 0.3) is 0 Å². The number of pyridine rings is 2. The van der Waals surface area contributed by atoms with Gasteiger partial charge in [0, 0.05) is 49.6 Å². The van der Waals surface area contributed by atoms with Crippen LogP contribution in [-0.2, 0) is 9.53 Å². The lowest BCUT2D eigenvalue weighted by Crippen LogP contribution is -2.56. The van der Waals surface area contributed by atoms with E-state index in [0.29, 0.717) is 56.4 Å². The van der Waals surface area contributed by atoms with Crippen LogP contribution in [0.3, 0.4) is 0 Å². The van der Waals surface area contributed by atoms with Gasteiger partial charge in [-0.05, 0) is 12.1 Å². The van der Waals surface area contributed by atoms with Gasteiger partial charge in [0.05, 0.1) is 26.3 Å². The number of carboxylic acids is 1. The molecule has 2 N–H and O–H groups in total. The Morgan fingerprint density at radius 2 is 1.77 bits per heavy atom. The molecule has 0 spiro atoms. The number of morpholine rings is 1. The lowest BCUT2D eigenvalue weighted by Gasteiger charge is -2.41. The average Bonchev–Trinajstić information content (AvgIpc) is 2.78. The van der Waals surface area contributed by atoms with Crippen LogP contribution < -0.4 is 15.1 Å². The molecular weight excluding hydrogens is 484 g/mol. The number of halogens is 6. The third-order valence-corrected chi connectivity index (χ3v) is 5.01. The fraction of sp³-hybridized carbons (Fsp3) is 0.476. The molecule has 8 nitrogen and oxygen atoms in total. The molecule has 2 fully saturated rings. The predicted octanol–water partition coefficient (Wildman–Crippen LogP) is 4.18. The minimum Gasteiger partial charge on any atom is -0.477 e. The Morgan fingerprint density at radius 1 is 1.14 bits per heavy atom. The van der Waals surface area contributed by atoms with Gasteiger partial charge in [-0.2, -0.15) is 8.78 Å². The van der Waals surface area contributed by atoms with Gasteiger partial charge in [-0.15, -0.1) is 0 Å². The molecule has 35 heavy (non-hydrogen) atoms. The van der Waals surface area contributed by atoms with Gasteiger partial charge in [0.2, 0.25) is 0 Å². The van der Waals surface area contributed by atoms with Gasteiger partial charge in [-0.1, -0.05) is 0 Å². The van der Waals surface area contributed by atoms with Crippen molar-refractivity contribution in [3.63, 3.8) is 0 Å². The van der Waals surface area contributed by atoms with Crippen molar-refractivity contribution in [2.45, 2.75) is 25.2 Å². The molecule has 0 saturated carbocycles. The van der Waals surface area contributed by atoms with E-state index in [0.717, 1.165) is 6.20 Å². The van der Waals surface area contributed by atoms with E-state index in [1.54, 1.807) is 17.0 Å². The van der Waals surface area contributed by atoms with E-state index in [2.05, 4.69) is 15.3 Å². The minimum absolute atomic E-state index is 0.177. The average molecular weight is 507 g/mol. The first-order valence-electron chi connectivity index (χ1n) is 10.4. The number of carboxylic acid groups (broad SMARTS) is 1. The number of carbonyl (C=O) groups is 1. The summed E-state index contributed by atoms with van der Waals surface area (Å²) in [5, 5.41) is 10.5. The van der Waals surface area contributed by atoms with Crippen LogP contribution in [0.5, 0.6) is 0 Å². The van der Waals surface area contributed by atoms with Gasteiger partial charge in [0.25, 0.3) is 12.3 Å². The molecule has 0 atom stereocenters. The van der Waals surface area contributed by atoms with Crippen molar-refractivity contribution in [1.82, 2.24) is 9.97 Å². The number of aromatic nitrogens is 2. The van der Waals surface area contributed by atoms with E-state index in [4.69, 9.17) is 9.84 Å². The fourth-order valence-corrected chi connectivity index (χ4v) is 3.14. The van der Waals surface area contributed by atoms with E-state index in [-0.39, 0.29) is 18.7 Å². The van der Waals surface area contributed by atoms with Crippen LogP contribution in [0.15, 0.2) is 30.5 Å². The van der Waals surface area contributed by atoms with Crippen molar-refractivity contribution in [3.8, 4) is 0 Å². The zero-order valence-corrected chi connectivity index (χ0v) is 18.5. The van der Waals surface area contributed by atoms with Crippen LogP contribution >= 0.6 is 0 Å². The monoisotopic (exact) mass is 507 g/mol. The summed E-state index contributed by atoms with van der Waals surface area (Å²) in [6.45, 7) is 2.05. The number of hydrogen-bond donors (Lipinski definition) is 2. The number of rotatable bonds is 6. The van der Waals surface area contributed by atoms with Gasteiger partial charge in [0.15, 0.2) is 0 Å². The number of anilines is 4. The van der Waals surface area contributed by atoms with Crippen molar-refractivity contribution in [2.24, 2.45) is 0 Å². The summed E-state index contributed by atoms with van der Waals surface area (Å²) in [4.78, 5) is 21.4. The second-order valence-electron chi connectivity index (χ2n) is 7.98. The second kappa shape index (κ2) is 10.5. The first kappa shape index (κ1) is 26.3. The standard InChI is InChI=1S/C18H19F4N5O.C3H4F2O2/c19-17(20)12-1-2-14(23-9-12)24-15-7-13(27-10-18(21,22)11-27)8-16(25-15)26-3-5-28-6-4-26;1-3(4,5)2(6)7/h1-2,7-9,17H,3-6,10-11H2,(H,23,24,25);1H3,(H,6,7). The van der Waals surface area contributed by atoms with E-state index in [9.17, 15) is 31.1 Å². The molecule has 2 aromatic heterocycles. The number of hydrogen-bond acceptors (Lipinski definition) is 7. The molecule has 192 valence electrons. The number of nitrogens with one attached hydrogen (secondary N) is 1. The predicted molar refractivity (Wildman–Crippen MR) is 115 cm³/mol. The Morgan fingerprint density at radius 3 is 2.26 bits per heavy atom. The maximum absolute atomic E-state index is 13.3. The minimum atomic E-state index is -3.58. The van der Waals surface area contributed by atoms with Gasteiger partial charge in [-0.3, -0.25) is 0 Å². The van der Waals surface area contributed by atoms with Crippen molar-refractivity contribution >= 4 is 29.1 Å². The fourth-order valence-electron chi connectivity index (χ4n) is 3.14. The van der Waals surface area contributed by atoms with Crippen molar-refractivity contribution < 1.29 is 41.0 Å². The Labute approximate surface area is 196 Å². The summed E-state index contributed by atoms with van der Waals surface area (Å²) < 4.78 is 79.8. The van der Waals surface area contributed by atoms with Crippen LogP contribution in [0.4, 0.5) is 49.5 Å². The van der Waals surface area contributed by atoms with E-state index in [1.165, 1.54) is 12.1 Å². The smallest absolute Gasteiger partial charge is 0.374 e. The summed E-state index contributed by atoms with van der Waals surface area (Å²) in [5.41, 5.74) is 0.443. The third kappa shape index (κ3) is 7.34. The molecule has 14 heteroatoms. The number of ether oxygens (including phenoxy) is 1. The van der Waals surface area contributed by atoms with Gasteiger partial charge < -0.3 is 25.0 Å². The zero-order valence-electron chi connectivity index (χ0n) is 18.5. The largest absolute Gasteiger partial charge is 0.477 e. The molecule has 4 heterocycles. The van der Waals surface area contributed by atoms with Crippen molar-refractivity contribution in [3.05, 3.63) is 36.0 Å². The van der Waals surface area contributed by atoms with Crippen LogP contribution in [0.2, 0.25) is 0 Å². The summed E-state index contributed by atoms with van der Waals surface area (Å²) in [6.07, 6.45) is -1.50. The molecule has 0 aromatic carbocycles. The summed E-state index contributed by atoms with van der Waals surface area (Å²) in [7, 11) is 0. The zero-order chi connectivity index (χ0) is 25.8. The maximum atomic E-state index is 13.3. The highest BCUT2D eigenvalue weighted by Crippen LogP contribution is 2.35. The molecule has 2 aromatic rings. The SMILES string of the molecule is CC(F)(F)C(=O)O.FC(F)c1ccc(Nc2cc(N3CC(F)(F)C3)cc(N3CCOCC3)n2)nc1. The van der Waals surface area contributed by atoms with Crippen LogP contribution in [-0.4, -0.2) is 72.3 Å². The van der Waals surface area contributed by atoms with E-state index in [1.807, 2.05) is 4.90 Å². The molecule has 2 saturated heterocycles. The van der Waals surface area contributed by atoms with E-state index < -0.39 is 24.2 Å². The summed E-state index contributed by atoms with van der Waals surface area (Å²) in [5.74, 6) is -6.97. The highest BCUT2D eigenvalue weighted by Gasteiger charge is 2.44. The normalized spacial score (nSPS) is 17.4. The highest BCUT2D eigenvalue weighted by atomic mass is 19.3. The van der Waals surface area contributed by atoms with Crippen LogP contribution in [0, 0.1) is 0 Å². The number of aliphatic carboxylic acids is 1. The first-order chi connectivity index (χ1) is 16.3. The molecule has 0 aliphatic carbocycles. The molecule has 0 unspecified atom stereocenters. The molecule has 4 rings (SSSR count). The molecular formula is C21H23F6N5O3. The van der Waals surface area contributed by atoms with Gasteiger partial charge in [0.1, 0.15) is 17.5 Å². The van der Waals surface area contributed by atoms with E-state index >= 15 is 0 Å². The quantitative estimate of drug-likeness (QED) is 0.563. The molecule has 0 bridgehead atoms. The van der Waals surface area contributed by atoms with Gasteiger partial charge in [-0.25, -0.2) is 32.3 Å². The summed E-state index contributed by atoms with van der Waals surface area (Å²) >= 11 is 0. The Hall–Kier alpha value is -3.29. The maximum Gasteiger partial charge on any atom is 0.374 e. The molecule has 0 amide bonds. The lowest BCUT2D eigenvalue weighted by molar-refractivity contribution is -0.161. The van der Waals surface area contributed by atoms with Crippen LogP contribution in [0.1, 0.15) is 18.9 Å². The number of alkyl halides is 6. The van der Waals surface area contributed by atoms with Gasteiger partial charge >= 0.3 is 11.9 Å². The van der Waals surface area contributed by atoms with Crippen molar-refractivity contribution in [2.75, 3.05) is 54.5 Å². The Kier molecular flexibility index (Phi) is 7.93. The topological polar surface area (TPSA) is 90.8 Å². The number of nitrogens with zero attached hydrogens (tertiary/aromatic N) is 4. The lowest BCUT2D eigenvalue weighted by atomic mass is 10.1. The molecule has 2 aliphatic heterocycles. The summed E-state index contributed by atoms with van der Waals surface area (Å²) in [6, 6.07) is 6.14. The Bertz CT molecular complexity index is 1010.